The SMILES string of the molecule is CC(C)N(C(C)C)P(C(=[N-])c1[c-]cccc1)N(C(C)C)C(C)C.N#Cc1ccc([NH-])cc1.[Zr+3]. The summed E-state index contributed by atoms with van der Waals surface area (Å²) in [6, 6.07) is 20.7. The molecule has 0 saturated heterocycles. The van der Waals surface area contributed by atoms with Gasteiger partial charge in [-0.2, -0.15) is 10.8 Å². The van der Waals surface area contributed by atoms with Gasteiger partial charge in [0, 0.05) is 32.4 Å². The van der Waals surface area contributed by atoms with E-state index < -0.39 is 8.22 Å². The number of benzene rings is 2. The van der Waals surface area contributed by atoms with Gasteiger partial charge in [-0.25, -0.2) is 5.45 Å². The molecule has 0 aliphatic rings. The van der Waals surface area contributed by atoms with Crippen LogP contribution >= 0.6 is 8.22 Å². The fraction of sp³-hybridized carbons (Fsp3) is 0.462. The standard InChI is InChI=1S/C19H32N3P.C7H5N2.Zr/c1-14(2)21(15(3)4)23(22(16(5)6)17(7)8)19(20)18-12-10-9-11-13-18;8-5-6-1-3-7(9)4-2-6;/h9-12,14-17H,1-8H3;1-4,9H;/q-2;-1;+3. The fourth-order valence-corrected chi connectivity index (χ4v) is 6.37. The van der Waals surface area contributed by atoms with Gasteiger partial charge in [0.05, 0.1) is 11.6 Å². The summed E-state index contributed by atoms with van der Waals surface area (Å²) in [5.74, 6) is 0. The molecule has 0 aliphatic carbocycles. The molecule has 0 atom stereocenters. The first kappa shape index (κ1) is 31.6. The number of hydrogen-bond donors (Lipinski definition) is 0. The summed E-state index contributed by atoms with van der Waals surface area (Å²) >= 11 is 0. The molecule has 0 heterocycles. The van der Waals surface area contributed by atoms with Crippen molar-refractivity contribution in [2.45, 2.75) is 79.6 Å². The molecule has 0 bridgehead atoms. The van der Waals surface area contributed by atoms with Crippen LogP contribution in [-0.2, 0) is 26.2 Å². The quantitative estimate of drug-likeness (QED) is 0.196. The minimum Gasteiger partial charge on any atom is -0.853 e. The van der Waals surface area contributed by atoms with Crippen LogP contribution < -0.4 is 0 Å². The first-order chi connectivity index (χ1) is 15.0. The molecule has 5 nitrogen and oxygen atoms in total. The van der Waals surface area contributed by atoms with Gasteiger partial charge in [-0.1, -0.05) is 12.1 Å². The molecule has 0 fully saturated rings. The molecular weight excluding hydrogens is 505 g/mol. The third-order valence-corrected chi connectivity index (χ3v) is 8.05. The van der Waals surface area contributed by atoms with E-state index in [0.29, 0.717) is 40.9 Å². The third-order valence-electron chi connectivity index (χ3n) is 4.71. The predicted molar refractivity (Wildman–Crippen MR) is 139 cm³/mol. The summed E-state index contributed by atoms with van der Waals surface area (Å²) in [4.78, 5) is 0. The molecule has 2 aromatic rings. The third kappa shape index (κ3) is 9.80. The van der Waals surface area contributed by atoms with Gasteiger partial charge in [-0.05, 0) is 67.5 Å². The Hall–Kier alpha value is -1.37. The zero-order valence-corrected chi connectivity index (χ0v) is 24.5. The first-order valence-corrected chi connectivity index (χ1v) is 12.4. The Morgan fingerprint density at radius 3 is 1.67 bits per heavy atom. The number of nitriles is 1. The molecule has 2 rings (SSSR count). The average molecular weight is 542 g/mol. The van der Waals surface area contributed by atoms with E-state index in [0.717, 1.165) is 5.56 Å². The van der Waals surface area contributed by atoms with Crippen LogP contribution in [0.15, 0.2) is 48.5 Å². The molecule has 7 heteroatoms. The average Bonchev–Trinajstić information content (AvgIpc) is 2.73. The van der Waals surface area contributed by atoms with Crippen LogP contribution in [0, 0.1) is 17.4 Å². The Morgan fingerprint density at radius 1 is 0.879 bits per heavy atom. The minimum absolute atomic E-state index is 0. The molecule has 1 N–H and O–H groups in total. The minimum atomic E-state index is -0.975. The van der Waals surface area contributed by atoms with E-state index in [9.17, 15) is 5.41 Å². The van der Waals surface area contributed by atoms with E-state index >= 15 is 0 Å². The van der Waals surface area contributed by atoms with Gasteiger partial charge in [-0.15, -0.1) is 36.0 Å². The van der Waals surface area contributed by atoms with E-state index in [2.05, 4.69) is 70.8 Å². The van der Waals surface area contributed by atoms with E-state index in [1.807, 2.05) is 30.3 Å². The molecule has 1 radical (unpaired) electrons. The number of nitrogens with zero attached hydrogens (tertiary/aromatic N) is 4. The molecule has 175 valence electrons. The summed E-state index contributed by atoms with van der Waals surface area (Å²) in [6.45, 7) is 17.6. The zero-order chi connectivity index (χ0) is 24.4. The molecule has 0 spiro atoms. The van der Waals surface area contributed by atoms with E-state index in [1.165, 1.54) is 0 Å². The summed E-state index contributed by atoms with van der Waals surface area (Å²) < 4.78 is 4.87. The van der Waals surface area contributed by atoms with Crippen molar-refractivity contribution in [3.05, 3.63) is 76.9 Å². The molecule has 2 aromatic carbocycles. The van der Waals surface area contributed by atoms with Crippen molar-refractivity contribution in [3.8, 4) is 6.07 Å². The maximum absolute atomic E-state index is 11.1. The van der Waals surface area contributed by atoms with Crippen molar-refractivity contribution in [1.29, 1.82) is 5.26 Å². The van der Waals surface area contributed by atoms with Crippen molar-refractivity contribution in [3.63, 3.8) is 0 Å². The Morgan fingerprint density at radius 2 is 1.33 bits per heavy atom. The number of nitrogens with one attached hydrogen (secondary N) is 1. The summed E-state index contributed by atoms with van der Waals surface area (Å²) in [6.07, 6.45) is 0. The molecule has 0 amide bonds. The number of hydrogen-bond acceptors (Lipinski definition) is 3. The summed E-state index contributed by atoms with van der Waals surface area (Å²) in [5.41, 5.74) is 9.35. The smallest absolute Gasteiger partial charge is 0.853 e. The predicted octanol–water partition coefficient (Wildman–Crippen LogP) is 7.59. The van der Waals surface area contributed by atoms with Crippen molar-refractivity contribution in [1.82, 2.24) is 9.34 Å². The van der Waals surface area contributed by atoms with Gasteiger partial charge in [0.1, 0.15) is 0 Å². The Labute approximate surface area is 221 Å². The van der Waals surface area contributed by atoms with Crippen molar-refractivity contribution >= 4 is 19.4 Å². The summed E-state index contributed by atoms with van der Waals surface area (Å²) in [5, 5.41) is 19.5. The van der Waals surface area contributed by atoms with Gasteiger partial charge in [-0.3, -0.25) is 9.34 Å². The van der Waals surface area contributed by atoms with Crippen LogP contribution in [0.4, 0.5) is 5.69 Å². The van der Waals surface area contributed by atoms with Crippen molar-refractivity contribution in [2.24, 2.45) is 0 Å². The Balaban J connectivity index is 0.000000856. The van der Waals surface area contributed by atoms with Gasteiger partial charge in [0.25, 0.3) is 0 Å². The van der Waals surface area contributed by atoms with Crippen LogP contribution in [0.25, 0.3) is 11.1 Å². The second-order valence-electron chi connectivity index (χ2n) is 8.71. The van der Waals surface area contributed by atoms with Crippen LogP contribution in [0.3, 0.4) is 0 Å². The molecule has 0 aromatic heterocycles. The largest absolute Gasteiger partial charge is 3.00 e. The van der Waals surface area contributed by atoms with E-state index in [4.69, 9.17) is 11.0 Å². The van der Waals surface area contributed by atoms with Crippen LogP contribution in [0.2, 0.25) is 0 Å². The summed E-state index contributed by atoms with van der Waals surface area (Å²) in [7, 11) is -0.975. The van der Waals surface area contributed by atoms with Crippen molar-refractivity contribution in [2.75, 3.05) is 0 Å². The van der Waals surface area contributed by atoms with Crippen LogP contribution in [-0.4, -0.2) is 39.0 Å². The molecule has 33 heavy (non-hydrogen) atoms. The van der Waals surface area contributed by atoms with Gasteiger partial charge >= 0.3 is 26.2 Å². The maximum atomic E-state index is 11.1. The first-order valence-electron chi connectivity index (χ1n) is 11.1. The Bertz CT molecular complexity index is 825. The molecule has 0 unspecified atom stereocenters. The van der Waals surface area contributed by atoms with Gasteiger partial charge < -0.3 is 11.1 Å². The van der Waals surface area contributed by atoms with Crippen LogP contribution in [0.5, 0.6) is 0 Å². The van der Waals surface area contributed by atoms with Crippen molar-refractivity contribution < 1.29 is 26.2 Å². The maximum Gasteiger partial charge on any atom is 3.00 e. The Kier molecular flexibility index (Phi) is 14.9. The fourth-order valence-electron chi connectivity index (χ4n) is 3.59. The van der Waals surface area contributed by atoms with E-state index in [-0.39, 0.29) is 26.2 Å². The second kappa shape index (κ2) is 15.5. The monoisotopic (exact) mass is 540 g/mol. The second-order valence-corrected chi connectivity index (χ2v) is 10.6. The molecular formula is C26H37N5PZr. The normalized spacial score (nSPS) is 11.1. The number of rotatable bonds is 8. The van der Waals surface area contributed by atoms with Gasteiger partial charge in [0.2, 0.25) is 0 Å². The van der Waals surface area contributed by atoms with Crippen LogP contribution in [0.1, 0.15) is 66.5 Å². The topological polar surface area (TPSA) is 76.4 Å². The molecule has 0 saturated carbocycles. The van der Waals surface area contributed by atoms with Gasteiger partial charge in [0.15, 0.2) is 0 Å². The zero-order valence-electron chi connectivity index (χ0n) is 21.2. The van der Waals surface area contributed by atoms with E-state index in [1.54, 1.807) is 24.3 Å². The molecule has 0 aliphatic heterocycles.